The largest absolute Gasteiger partial charge is 0.573 e. The van der Waals surface area contributed by atoms with Gasteiger partial charge in [0.2, 0.25) is 0 Å². The Morgan fingerprint density at radius 3 is 2.52 bits per heavy atom. The number of rotatable bonds is 3. The maximum atomic E-state index is 12.3. The van der Waals surface area contributed by atoms with Crippen LogP contribution in [-0.4, -0.2) is 16.5 Å². The average molecular weight is 323 g/mol. The molecule has 0 saturated heterocycles. The SMILES string of the molecule is Cc1[nH]c2ccc(OC(F)(F)F)cc2c1Oc1cccc(O)c1. The molecule has 4 nitrogen and oxygen atoms in total. The van der Waals surface area contributed by atoms with Crippen LogP contribution in [0.25, 0.3) is 10.9 Å². The number of aromatic amines is 1. The van der Waals surface area contributed by atoms with E-state index < -0.39 is 6.36 Å². The number of aryl methyl sites for hydroxylation is 1. The number of aromatic nitrogens is 1. The molecule has 0 spiro atoms. The molecular weight excluding hydrogens is 311 g/mol. The molecular formula is C16H12F3NO3. The van der Waals surface area contributed by atoms with E-state index in [9.17, 15) is 18.3 Å². The number of hydrogen-bond acceptors (Lipinski definition) is 3. The van der Waals surface area contributed by atoms with Gasteiger partial charge in [-0.25, -0.2) is 0 Å². The molecule has 0 atom stereocenters. The van der Waals surface area contributed by atoms with Gasteiger partial charge in [-0.2, -0.15) is 0 Å². The Bertz CT molecular complexity index is 855. The van der Waals surface area contributed by atoms with Crippen molar-refractivity contribution in [3.8, 4) is 23.0 Å². The molecule has 0 amide bonds. The van der Waals surface area contributed by atoms with Crippen LogP contribution < -0.4 is 9.47 Å². The minimum atomic E-state index is -4.76. The number of nitrogens with one attached hydrogen (secondary N) is 1. The molecule has 0 bridgehead atoms. The molecule has 23 heavy (non-hydrogen) atoms. The lowest BCUT2D eigenvalue weighted by atomic mass is 10.2. The molecule has 0 fully saturated rings. The Hall–Kier alpha value is -2.83. The van der Waals surface area contributed by atoms with Crippen LogP contribution in [0.2, 0.25) is 0 Å². The van der Waals surface area contributed by atoms with E-state index in [1.165, 1.54) is 30.3 Å². The summed E-state index contributed by atoms with van der Waals surface area (Å²) in [5, 5.41) is 9.91. The van der Waals surface area contributed by atoms with Crippen molar-refractivity contribution in [1.82, 2.24) is 4.98 Å². The first-order valence-electron chi connectivity index (χ1n) is 6.67. The summed E-state index contributed by atoms with van der Waals surface area (Å²) >= 11 is 0. The van der Waals surface area contributed by atoms with Crippen LogP contribution in [0.1, 0.15) is 5.69 Å². The van der Waals surface area contributed by atoms with Crippen molar-refractivity contribution in [1.29, 1.82) is 0 Å². The Kier molecular flexibility index (Phi) is 3.55. The van der Waals surface area contributed by atoms with Crippen LogP contribution in [0.4, 0.5) is 13.2 Å². The van der Waals surface area contributed by atoms with E-state index in [0.29, 0.717) is 28.1 Å². The lowest BCUT2D eigenvalue weighted by Gasteiger charge is -2.09. The normalized spacial score (nSPS) is 11.7. The van der Waals surface area contributed by atoms with Gasteiger partial charge in [-0.05, 0) is 37.3 Å². The summed E-state index contributed by atoms with van der Waals surface area (Å²) in [6, 6.07) is 10.1. The fourth-order valence-electron chi connectivity index (χ4n) is 2.27. The second-order valence-electron chi connectivity index (χ2n) is 4.93. The third-order valence-electron chi connectivity index (χ3n) is 3.17. The first kappa shape index (κ1) is 15.1. The maximum absolute atomic E-state index is 12.3. The predicted molar refractivity (Wildman–Crippen MR) is 77.9 cm³/mol. The molecule has 7 heteroatoms. The van der Waals surface area contributed by atoms with E-state index in [0.717, 1.165) is 0 Å². The highest BCUT2D eigenvalue weighted by molar-refractivity contribution is 5.89. The molecule has 2 N–H and O–H groups in total. The molecule has 0 aliphatic rings. The molecule has 0 radical (unpaired) electrons. The number of alkyl halides is 3. The topological polar surface area (TPSA) is 54.5 Å². The average Bonchev–Trinajstić information content (AvgIpc) is 2.73. The van der Waals surface area contributed by atoms with Gasteiger partial charge in [0, 0.05) is 17.0 Å². The number of aromatic hydroxyl groups is 1. The Morgan fingerprint density at radius 2 is 1.83 bits per heavy atom. The molecule has 0 aliphatic carbocycles. The Labute approximate surface area is 129 Å². The molecule has 0 unspecified atom stereocenters. The third kappa shape index (κ3) is 3.33. The van der Waals surface area contributed by atoms with Crippen molar-refractivity contribution in [2.75, 3.05) is 0 Å². The van der Waals surface area contributed by atoms with Crippen LogP contribution in [0.5, 0.6) is 23.0 Å². The van der Waals surface area contributed by atoms with E-state index >= 15 is 0 Å². The van der Waals surface area contributed by atoms with Gasteiger partial charge in [-0.3, -0.25) is 0 Å². The van der Waals surface area contributed by atoms with E-state index in [1.54, 1.807) is 19.1 Å². The summed E-state index contributed by atoms with van der Waals surface area (Å²) in [6.07, 6.45) is -4.76. The molecule has 2 aromatic carbocycles. The van der Waals surface area contributed by atoms with Gasteiger partial charge in [0.05, 0.1) is 5.69 Å². The Morgan fingerprint density at radius 1 is 1.04 bits per heavy atom. The smallest absolute Gasteiger partial charge is 0.508 e. The summed E-state index contributed by atoms with van der Waals surface area (Å²) in [7, 11) is 0. The van der Waals surface area contributed by atoms with Gasteiger partial charge >= 0.3 is 6.36 Å². The number of benzene rings is 2. The van der Waals surface area contributed by atoms with Crippen molar-refractivity contribution in [2.45, 2.75) is 13.3 Å². The van der Waals surface area contributed by atoms with Gasteiger partial charge in [0.1, 0.15) is 17.2 Å². The highest BCUT2D eigenvalue weighted by Crippen LogP contribution is 2.37. The maximum Gasteiger partial charge on any atom is 0.573 e. The second-order valence-corrected chi connectivity index (χ2v) is 4.93. The quantitative estimate of drug-likeness (QED) is 0.723. The van der Waals surface area contributed by atoms with Gasteiger partial charge < -0.3 is 19.6 Å². The summed E-state index contributed by atoms with van der Waals surface area (Å²) in [4.78, 5) is 3.03. The zero-order valence-corrected chi connectivity index (χ0v) is 11.9. The molecule has 3 rings (SSSR count). The number of fused-ring (bicyclic) bond motifs is 1. The van der Waals surface area contributed by atoms with Crippen molar-refractivity contribution < 1.29 is 27.8 Å². The zero-order chi connectivity index (χ0) is 16.6. The zero-order valence-electron chi connectivity index (χ0n) is 11.9. The first-order chi connectivity index (χ1) is 10.8. The standard InChI is InChI=1S/C16H12F3NO3/c1-9-15(22-11-4-2-3-10(21)7-11)13-8-12(23-16(17,18)19)5-6-14(13)20-9/h2-8,20-21H,1H3. The molecule has 120 valence electrons. The summed E-state index contributed by atoms with van der Waals surface area (Å²) in [6.45, 7) is 1.74. The van der Waals surface area contributed by atoms with Crippen LogP contribution in [0, 0.1) is 6.92 Å². The molecule has 1 aromatic heterocycles. The number of H-pyrrole nitrogens is 1. The van der Waals surface area contributed by atoms with Crippen molar-refractivity contribution in [2.24, 2.45) is 0 Å². The van der Waals surface area contributed by atoms with Gasteiger partial charge in [0.25, 0.3) is 0 Å². The summed E-state index contributed by atoms with van der Waals surface area (Å²) < 4.78 is 46.7. The van der Waals surface area contributed by atoms with Crippen molar-refractivity contribution in [3.05, 3.63) is 48.2 Å². The fourth-order valence-corrected chi connectivity index (χ4v) is 2.27. The number of ether oxygens (including phenoxy) is 2. The van der Waals surface area contributed by atoms with E-state index in [1.807, 2.05) is 0 Å². The number of phenols is 1. The number of hydrogen-bond donors (Lipinski definition) is 2. The lowest BCUT2D eigenvalue weighted by Crippen LogP contribution is -2.16. The molecule has 1 heterocycles. The first-order valence-corrected chi connectivity index (χ1v) is 6.67. The molecule has 0 aliphatic heterocycles. The van der Waals surface area contributed by atoms with Crippen LogP contribution in [0.15, 0.2) is 42.5 Å². The van der Waals surface area contributed by atoms with Crippen LogP contribution >= 0.6 is 0 Å². The second kappa shape index (κ2) is 5.42. The highest BCUT2D eigenvalue weighted by atomic mass is 19.4. The highest BCUT2D eigenvalue weighted by Gasteiger charge is 2.31. The Balaban J connectivity index is 2.01. The van der Waals surface area contributed by atoms with Crippen molar-refractivity contribution in [3.63, 3.8) is 0 Å². The monoisotopic (exact) mass is 323 g/mol. The summed E-state index contributed by atoms with van der Waals surface area (Å²) in [5.74, 6) is 0.445. The van der Waals surface area contributed by atoms with Crippen LogP contribution in [-0.2, 0) is 0 Å². The summed E-state index contributed by atoms with van der Waals surface area (Å²) in [5.41, 5.74) is 1.26. The predicted octanol–water partition coefficient (Wildman–Crippen LogP) is 4.87. The number of halogens is 3. The van der Waals surface area contributed by atoms with Gasteiger partial charge in [0.15, 0.2) is 5.75 Å². The fraction of sp³-hybridized carbons (Fsp3) is 0.125. The third-order valence-corrected chi connectivity index (χ3v) is 3.17. The minimum absolute atomic E-state index is 0.0288. The van der Waals surface area contributed by atoms with E-state index in [-0.39, 0.29) is 11.5 Å². The van der Waals surface area contributed by atoms with Crippen LogP contribution in [0.3, 0.4) is 0 Å². The minimum Gasteiger partial charge on any atom is -0.508 e. The van der Waals surface area contributed by atoms with Gasteiger partial charge in [-0.15, -0.1) is 13.2 Å². The number of phenolic OH excluding ortho intramolecular Hbond substituents is 1. The van der Waals surface area contributed by atoms with Crippen molar-refractivity contribution >= 4 is 10.9 Å². The lowest BCUT2D eigenvalue weighted by molar-refractivity contribution is -0.274. The van der Waals surface area contributed by atoms with Gasteiger partial charge in [-0.1, -0.05) is 6.07 Å². The van der Waals surface area contributed by atoms with E-state index in [4.69, 9.17) is 4.74 Å². The van der Waals surface area contributed by atoms with E-state index in [2.05, 4.69) is 9.72 Å². The molecule has 0 saturated carbocycles. The molecule has 3 aromatic rings.